The monoisotopic (exact) mass is 688 g/mol. The largest absolute Gasteiger partial charge is 0.487 e. The van der Waals surface area contributed by atoms with Crippen LogP contribution in [0, 0.1) is 19.8 Å². The highest BCUT2D eigenvalue weighted by Gasteiger charge is 2.43. The first-order valence-corrected chi connectivity index (χ1v) is 18.1. The predicted molar refractivity (Wildman–Crippen MR) is 198 cm³/mol. The van der Waals surface area contributed by atoms with Gasteiger partial charge in [0.05, 0.1) is 17.1 Å². The van der Waals surface area contributed by atoms with Crippen LogP contribution in [0.5, 0.6) is 5.75 Å². The molecule has 1 N–H and O–H groups in total. The standard InChI is InChI=1S/C41H48N6O4/c1-7-32-23-45(24-34-37(51-32)15-12-20-42-34)22-31-21-30(17-16-26(31)3)38(33-18-19-35-39(27(33)4)43-44(6)46(35)8-2)28(5)40(48)47-36(25-50-41(47)49)29-13-10-9-11-14-29/h9-21,28,32,36,38,43H,7-8,22-25H2,1-6H3/t28-,32-,36+,38+/m1/s1. The number of imide groups is 1. The molecule has 3 aliphatic heterocycles. The van der Waals surface area contributed by atoms with Crippen LogP contribution < -0.4 is 15.2 Å². The van der Waals surface area contributed by atoms with Gasteiger partial charge >= 0.3 is 6.09 Å². The molecule has 7 rings (SSSR count). The molecule has 10 heteroatoms. The molecule has 4 heterocycles. The molecule has 266 valence electrons. The van der Waals surface area contributed by atoms with Crippen molar-refractivity contribution in [2.24, 2.45) is 5.92 Å². The quantitative estimate of drug-likeness (QED) is 0.194. The highest BCUT2D eigenvalue weighted by molar-refractivity contribution is 5.95. The van der Waals surface area contributed by atoms with Gasteiger partial charge in [0.25, 0.3) is 0 Å². The number of amides is 2. The lowest BCUT2D eigenvalue weighted by molar-refractivity contribution is -0.133. The van der Waals surface area contributed by atoms with Crippen LogP contribution >= 0.6 is 0 Å². The number of hydrogen-bond donors (Lipinski definition) is 1. The molecule has 3 aliphatic rings. The highest BCUT2D eigenvalue weighted by Crippen LogP contribution is 2.44. The molecule has 0 saturated carbocycles. The Balaban J connectivity index is 1.28. The number of nitrogens with zero attached hydrogens (tertiary/aromatic N) is 5. The number of rotatable bonds is 9. The summed E-state index contributed by atoms with van der Waals surface area (Å²) in [6, 6.07) is 24.0. The van der Waals surface area contributed by atoms with Crippen LogP contribution in [0.15, 0.2) is 79.0 Å². The lowest BCUT2D eigenvalue weighted by Gasteiger charge is -2.31. The molecule has 3 aromatic carbocycles. The summed E-state index contributed by atoms with van der Waals surface area (Å²) >= 11 is 0. The average molecular weight is 689 g/mol. The van der Waals surface area contributed by atoms with E-state index >= 15 is 0 Å². The van der Waals surface area contributed by atoms with Crippen LogP contribution in [0.2, 0.25) is 0 Å². The minimum Gasteiger partial charge on any atom is -0.487 e. The van der Waals surface area contributed by atoms with Gasteiger partial charge in [0.2, 0.25) is 5.91 Å². The molecule has 1 saturated heterocycles. The molecular weight excluding hydrogens is 640 g/mol. The van der Waals surface area contributed by atoms with E-state index in [4.69, 9.17) is 9.47 Å². The Morgan fingerprint density at radius 3 is 2.61 bits per heavy atom. The van der Waals surface area contributed by atoms with Crippen LogP contribution in [-0.4, -0.2) is 64.8 Å². The number of aromatic nitrogens is 1. The number of pyridine rings is 1. The third kappa shape index (κ3) is 6.54. The fourth-order valence-corrected chi connectivity index (χ4v) is 7.92. The lowest BCUT2D eigenvalue weighted by Crippen LogP contribution is -2.40. The van der Waals surface area contributed by atoms with E-state index < -0.39 is 18.1 Å². The third-order valence-corrected chi connectivity index (χ3v) is 10.8. The number of benzene rings is 3. The molecule has 4 atom stereocenters. The normalized spacial score (nSPS) is 20.2. The lowest BCUT2D eigenvalue weighted by atomic mass is 9.77. The summed E-state index contributed by atoms with van der Waals surface area (Å²) in [5.41, 5.74) is 13.0. The molecule has 1 fully saturated rings. The molecule has 0 bridgehead atoms. The number of fused-ring (bicyclic) bond motifs is 2. The Morgan fingerprint density at radius 1 is 1.04 bits per heavy atom. The Kier molecular flexibility index (Phi) is 9.72. The molecule has 4 aromatic rings. The van der Waals surface area contributed by atoms with E-state index in [9.17, 15) is 9.59 Å². The Morgan fingerprint density at radius 2 is 1.84 bits per heavy atom. The number of aryl methyl sites for hydroxylation is 1. The first-order chi connectivity index (χ1) is 24.7. The van der Waals surface area contributed by atoms with E-state index in [2.05, 4.69) is 78.3 Å². The van der Waals surface area contributed by atoms with Crippen molar-refractivity contribution in [2.75, 3.05) is 37.2 Å². The van der Waals surface area contributed by atoms with Gasteiger partial charge in [-0.25, -0.2) is 9.69 Å². The van der Waals surface area contributed by atoms with Crippen molar-refractivity contribution in [1.82, 2.24) is 19.9 Å². The van der Waals surface area contributed by atoms with E-state index in [1.165, 1.54) is 16.0 Å². The number of hydrazine groups is 2. The molecule has 0 aliphatic carbocycles. The van der Waals surface area contributed by atoms with Crippen molar-refractivity contribution < 1.29 is 19.1 Å². The van der Waals surface area contributed by atoms with Crippen molar-refractivity contribution in [3.8, 4) is 5.75 Å². The fourth-order valence-electron chi connectivity index (χ4n) is 7.92. The van der Waals surface area contributed by atoms with Crippen molar-refractivity contribution in [2.45, 2.75) is 72.2 Å². The number of hydrogen-bond acceptors (Lipinski definition) is 9. The zero-order valence-corrected chi connectivity index (χ0v) is 30.4. The second kappa shape index (κ2) is 14.4. The van der Waals surface area contributed by atoms with Gasteiger partial charge < -0.3 is 9.47 Å². The molecule has 0 radical (unpaired) electrons. The number of ether oxygens (including phenoxy) is 2. The van der Waals surface area contributed by atoms with Gasteiger partial charge in [-0.05, 0) is 78.8 Å². The average Bonchev–Trinajstić information content (AvgIpc) is 3.63. The molecule has 1 aromatic heterocycles. The summed E-state index contributed by atoms with van der Waals surface area (Å²) in [6.45, 7) is 13.6. The predicted octanol–water partition coefficient (Wildman–Crippen LogP) is 7.37. The van der Waals surface area contributed by atoms with Crippen molar-refractivity contribution in [1.29, 1.82) is 0 Å². The van der Waals surface area contributed by atoms with Crippen LogP contribution in [0.3, 0.4) is 0 Å². The minimum absolute atomic E-state index is 0.0597. The van der Waals surface area contributed by atoms with Gasteiger partial charge in [-0.15, -0.1) is 5.12 Å². The van der Waals surface area contributed by atoms with Crippen LogP contribution in [0.25, 0.3) is 0 Å². The van der Waals surface area contributed by atoms with E-state index in [-0.39, 0.29) is 24.5 Å². The summed E-state index contributed by atoms with van der Waals surface area (Å²) in [4.78, 5) is 36.3. The van der Waals surface area contributed by atoms with Gasteiger partial charge in [-0.3, -0.25) is 25.1 Å². The van der Waals surface area contributed by atoms with Crippen molar-refractivity contribution in [3.63, 3.8) is 0 Å². The number of nitrogens with one attached hydrogen (secondary N) is 1. The first kappa shape index (κ1) is 34.5. The third-order valence-electron chi connectivity index (χ3n) is 10.8. The van der Waals surface area contributed by atoms with E-state index in [0.29, 0.717) is 13.1 Å². The summed E-state index contributed by atoms with van der Waals surface area (Å²) in [7, 11) is 2.01. The zero-order chi connectivity index (χ0) is 35.8. The summed E-state index contributed by atoms with van der Waals surface area (Å²) in [5.74, 6) is -0.320. The van der Waals surface area contributed by atoms with E-state index in [1.807, 2.05) is 67.8 Å². The molecule has 0 unspecified atom stereocenters. The van der Waals surface area contributed by atoms with Gasteiger partial charge in [0.15, 0.2) is 0 Å². The summed E-state index contributed by atoms with van der Waals surface area (Å²) < 4.78 is 11.9. The summed E-state index contributed by atoms with van der Waals surface area (Å²) in [5, 5.41) is 4.19. The minimum atomic E-state index is -0.598. The number of carbonyl (C=O) groups excluding carboxylic acids is 2. The number of anilines is 2. The molecule has 51 heavy (non-hydrogen) atoms. The fraction of sp³-hybridized carbons (Fsp3) is 0.390. The van der Waals surface area contributed by atoms with Gasteiger partial charge in [-0.1, -0.05) is 68.4 Å². The Bertz CT molecular complexity index is 1920. The Hall–Kier alpha value is -4.93. The van der Waals surface area contributed by atoms with E-state index in [1.54, 1.807) is 0 Å². The van der Waals surface area contributed by atoms with E-state index in [0.717, 1.165) is 64.6 Å². The van der Waals surface area contributed by atoms with Crippen LogP contribution in [0.1, 0.15) is 78.2 Å². The topological polar surface area (TPSA) is 90.5 Å². The summed E-state index contributed by atoms with van der Waals surface area (Å²) in [6.07, 6.45) is 2.18. The van der Waals surface area contributed by atoms with Gasteiger partial charge in [0, 0.05) is 51.3 Å². The van der Waals surface area contributed by atoms with Crippen LogP contribution in [-0.2, 0) is 22.6 Å². The SMILES string of the molecule is CC[C@@H]1CN(Cc2cc([C@@H](c3ccc4c(c3C)NN(C)N4CC)[C@@H](C)C(=O)N3C(=O)OC[C@H]3c3ccccc3)ccc2C)Cc2ncccc2O1. The highest BCUT2D eigenvalue weighted by atomic mass is 16.6. The molecule has 10 nitrogen and oxygen atoms in total. The first-order valence-electron chi connectivity index (χ1n) is 18.1. The van der Waals surface area contributed by atoms with Crippen LogP contribution in [0.4, 0.5) is 16.2 Å². The second-order valence-electron chi connectivity index (χ2n) is 14.0. The zero-order valence-electron chi connectivity index (χ0n) is 30.4. The molecule has 0 spiro atoms. The second-order valence-corrected chi connectivity index (χ2v) is 14.0. The molecule has 2 amide bonds. The van der Waals surface area contributed by atoms with Gasteiger partial charge in [-0.2, -0.15) is 0 Å². The maximum Gasteiger partial charge on any atom is 0.417 e. The number of carbonyl (C=O) groups is 2. The van der Waals surface area contributed by atoms with Gasteiger partial charge in [0.1, 0.15) is 24.5 Å². The van der Waals surface area contributed by atoms with Crippen molar-refractivity contribution in [3.05, 3.63) is 118 Å². The Labute approximate surface area is 300 Å². The van der Waals surface area contributed by atoms with Crippen molar-refractivity contribution >= 4 is 23.4 Å². The maximum absolute atomic E-state index is 14.7. The smallest absolute Gasteiger partial charge is 0.417 e. The maximum atomic E-state index is 14.7. The number of cyclic esters (lactones) is 1. The molecular formula is C41H48N6O4.